The van der Waals surface area contributed by atoms with E-state index in [4.69, 9.17) is 0 Å². The van der Waals surface area contributed by atoms with Gasteiger partial charge in [0.15, 0.2) is 11.1 Å². The van der Waals surface area contributed by atoms with Gasteiger partial charge in [0, 0.05) is 13.1 Å². The second-order valence-corrected chi connectivity index (χ2v) is 7.53. The second-order valence-electron chi connectivity index (χ2n) is 4.53. The number of sulfonamides is 1. The zero-order valence-corrected chi connectivity index (χ0v) is 15.2. The summed E-state index contributed by atoms with van der Waals surface area (Å²) in [7, 11) is -2.14. The van der Waals surface area contributed by atoms with Gasteiger partial charge in [-0.25, -0.2) is 21.6 Å². The molecule has 0 aliphatic rings. The van der Waals surface area contributed by atoms with E-state index in [2.05, 4.69) is 14.2 Å². The van der Waals surface area contributed by atoms with Gasteiger partial charge in [0.2, 0.25) is 25.9 Å². The molecule has 0 aliphatic carbocycles. The Bertz CT molecular complexity index is 926. The van der Waals surface area contributed by atoms with Gasteiger partial charge in [0.1, 0.15) is 7.05 Å². The molecule has 0 bridgehead atoms. The lowest BCUT2D eigenvalue weighted by atomic mass is 10.2. The molecule has 2 aromatic rings. The number of anilines is 1. The lowest BCUT2D eigenvalue weighted by molar-refractivity contribution is -0.646. The number of nitrogens with zero attached hydrogens (tertiary/aromatic N) is 1. The molecule has 1 aromatic heterocycles. The van der Waals surface area contributed by atoms with E-state index in [1.54, 1.807) is 17.8 Å². The molecule has 1 heterocycles. The Hall–Kier alpha value is -1.79. The largest absolute Gasteiger partial charge is 0.726 e. The van der Waals surface area contributed by atoms with E-state index in [-0.39, 0.29) is 4.90 Å². The minimum absolute atomic E-state index is 0.244. The average Bonchev–Trinajstić information content (AvgIpc) is 2.54. The first kappa shape index (κ1) is 20.3. The molecule has 1 aromatic carbocycles. The number of rotatable bonds is 4. The normalized spacial score (nSPS) is 11.7. The number of aryl methyl sites for hydroxylation is 1. The first-order valence-electron chi connectivity index (χ1n) is 6.61. The molecule has 0 fully saturated rings. The van der Waals surface area contributed by atoms with Crippen molar-refractivity contribution in [3.8, 4) is 0 Å². The fourth-order valence-electron chi connectivity index (χ4n) is 2.01. The van der Waals surface area contributed by atoms with Gasteiger partial charge in [0.05, 0.1) is 18.2 Å². The van der Waals surface area contributed by atoms with Crippen LogP contribution in [0.15, 0.2) is 35.4 Å². The van der Waals surface area contributed by atoms with Crippen molar-refractivity contribution in [2.45, 2.75) is 4.90 Å². The third kappa shape index (κ3) is 4.85. The highest BCUT2D eigenvalue weighted by Crippen LogP contribution is 2.27. The zero-order valence-electron chi connectivity index (χ0n) is 13.6. The molecule has 0 saturated carbocycles. The fourth-order valence-corrected chi connectivity index (χ4v) is 3.00. The number of para-hydroxylation sites is 1. The van der Waals surface area contributed by atoms with Crippen LogP contribution in [-0.4, -0.2) is 42.6 Å². The summed E-state index contributed by atoms with van der Waals surface area (Å²) in [4.78, 5) is 0.244. The summed E-state index contributed by atoms with van der Waals surface area (Å²) < 4.78 is 59.2. The number of pyridine rings is 1. The van der Waals surface area contributed by atoms with Gasteiger partial charge in [-0.15, -0.1) is 0 Å². The standard InChI is InChI=1S/C12H15N3O2S.CH4O4S/c1-13-12-9-6-4-5-7-10(9)15(3)8-11(12)18(16,17)14-2;1-5-6(2,3)4/h4-8,14H,1-3H3;1H3,(H,2,3,4). The molecule has 2 N–H and O–H groups in total. The topological polar surface area (TPSA) is 129 Å². The highest BCUT2D eigenvalue weighted by Gasteiger charge is 2.23. The summed E-state index contributed by atoms with van der Waals surface area (Å²) in [6, 6.07) is 7.66. The molecular weight excluding hydrogens is 358 g/mol. The van der Waals surface area contributed by atoms with Gasteiger partial charge in [-0.1, -0.05) is 12.1 Å². The van der Waals surface area contributed by atoms with E-state index in [1.807, 2.05) is 31.3 Å². The number of hydrogen-bond acceptors (Lipinski definition) is 7. The van der Waals surface area contributed by atoms with Gasteiger partial charge in [-0.05, 0) is 13.1 Å². The third-order valence-corrected chi connectivity index (χ3v) is 4.96. The second kappa shape index (κ2) is 7.85. The highest BCUT2D eigenvalue weighted by atomic mass is 32.3. The summed E-state index contributed by atoms with van der Waals surface area (Å²) in [5, 5.41) is 3.85. The SMILES string of the molecule is CNc1c(S(=O)(=O)NC)c[n+](C)c2ccccc12.COS(=O)(=O)[O-]. The Morgan fingerprint density at radius 3 is 2.12 bits per heavy atom. The van der Waals surface area contributed by atoms with E-state index in [9.17, 15) is 21.4 Å². The summed E-state index contributed by atoms with van der Waals surface area (Å²) in [6.07, 6.45) is 1.61. The van der Waals surface area contributed by atoms with Crippen LogP contribution < -0.4 is 14.6 Å². The van der Waals surface area contributed by atoms with Gasteiger partial charge >= 0.3 is 0 Å². The number of aromatic nitrogens is 1. The minimum atomic E-state index is -4.41. The predicted molar refractivity (Wildman–Crippen MR) is 87.6 cm³/mol. The number of benzene rings is 1. The van der Waals surface area contributed by atoms with E-state index >= 15 is 0 Å². The van der Waals surface area contributed by atoms with Crippen LogP contribution in [0.1, 0.15) is 0 Å². The highest BCUT2D eigenvalue weighted by molar-refractivity contribution is 7.89. The third-order valence-electron chi connectivity index (χ3n) is 3.12. The van der Waals surface area contributed by atoms with Gasteiger partial charge in [-0.2, -0.15) is 4.57 Å². The van der Waals surface area contributed by atoms with E-state index in [1.165, 1.54) is 7.05 Å². The first-order valence-corrected chi connectivity index (χ1v) is 9.43. The molecule has 11 heteroatoms. The van der Waals surface area contributed by atoms with Crippen LogP contribution in [0.25, 0.3) is 10.9 Å². The summed E-state index contributed by atoms with van der Waals surface area (Å²) in [5.41, 5.74) is 1.58. The number of hydrogen-bond donors (Lipinski definition) is 2. The average molecular weight is 377 g/mol. The maximum absolute atomic E-state index is 12.0. The van der Waals surface area contributed by atoms with Crippen LogP contribution in [0, 0.1) is 0 Å². The summed E-state index contributed by atoms with van der Waals surface area (Å²) in [6.45, 7) is 0. The zero-order chi connectivity index (χ0) is 18.5. The Kier molecular flexibility index (Phi) is 6.63. The van der Waals surface area contributed by atoms with Crippen LogP contribution >= 0.6 is 0 Å². The van der Waals surface area contributed by atoms with Crippen molar-refractivity contribution in [2.24, 2.45) is 7.05 Å². The molecule has 2 rings (SSSR count). The molecule has 0 radical (unpaired) electrons. The van der Waals surface area contributed by atoms with Crippen LogP contribution in [0.4, 0.5) is 5.69 Å². The van der Waals surface area contributed by atoms with Crippen molar-refractivity contribution in [1.29, 1.82) is 0 Å². The van der Waals surface area contributed by atoms with Crippen LogP contribution in [-0.2, 0) is 31.7 Å². The fraction of sp³-hybridized carbons (Fsp3) is 0.308. The van der Waals surface area contributed by atoms with Crippen molar-refractivity contribution in [1.82, 2.24) is 4.72 Å². The predicted octanol–water partition coefficient (Wildman–Crippen LogP) is -0.293. The van der Waals surface area contributed by atoms with Crippen molar-refractivity contribution >= 4 is 37.0 Å². The molecule has 0 aliphatic heterocycles. The van der Waals surface area contributed by atoms with E-state index in [0.717, 1.165) is 18.0 Å². The van der Waals surface area contributed by atoms with E-state index in [0.29, 0.717) is 5.69 Å². The quantitative estimate of drug-likeness (QED) is 0.425. The van der Waals surface area contributed by atoms with Crippen LogP contribution in [0.2, 0.25) is 0 Å². The lowest BCUT2D eigenvalue weighted by Gasteiger charge is -2.10. The Morgan fingerprint density at radius 1 is 1.12 bits per heavy atom. The first-order chi connectivity index (χ1) is 11.1. The maximum atomic E-state index is 12.0. The molecule has 0 amide bonds. The molecule has 0 spiro atoms. The number of fused-ring (bicyclic) bond motifs is 1. The van der Waals surface area contributed by atoms with Gasteiger partial charge in [0.25, 0.3) is 0 Å². The molecule has 24 heavy (non-hydrogen) atoms. The Labute approximate surface area is 141 Å². The van der Waals surface area contributed by atoms with Gasteiger partial charge in [-0.3, -0.25) is 4.18 Å². The molecule has 9 nitrogen and oxygen atoms in total. The molecule has 0 unspecified atom stereocenters. The number of nitrogens with one attached hydrogen (secondary N) is 2. The summed E-state index contributed by atoms with van der Waals surface area (Å²) in [5.74, 6) is 0. The Balaban J connectivity index is 0.000000413. The molecular formula is C13H19N3O6S2. The van der Waals surface area contributed by atoms with Crippen LogP contribution in [0.5, 0.6) is 0 Å². The summed E-state index contributed by atoms with van der Waals surface area (Å²) >= 11 is 0. The lowest BCUT2D eigenvalue weighted by Crippen LogP contribution is -2.32. The van der Waals surface area contributed by atoms with Crippen molar-refractivity contribution in [2.75, 3.05) is 26.5 Å². The Morgan fingerprint density at radius 2 is 1.67 bits per heavy atom. The molecule has 134 valence electrons. The van der Waals surface area contributed by atoms with E-state index < -0.39 is 20.4 Å². The molecule has 0 atom stereocenters. The smallest absolute Gasteiger partial charge is 0.248 e. The molecule has 0 saturated heterocycles. The van der Waals surface area contributed by atoms with Gasteiger partial charge < -0.3 is 9.87 Å². The monoisotopic (exact) mass is 377 g/mol. The van der Waals surface area contributed by atoms with Crippen molar-refractivity contribution in [3.63, 3.8) is 0 Å². The van der Waals surface area contributed by atoms with Crippen LogP contribution in [0.3, 0.4) is 0 Å². The van der Waals surface area contributed by atoms with Crippen molar-refractivity contribution < 1.29 is 30.1 Å². The maximum Gasteiger partial charge on any atom is 0.248 e. The van der Waals surface area contributed by atoms with Crippen molar-refractivity contribution in [3.05, 3.63) is 30.5 Å². The minimum Gasteiger partial charge on any atom is -0.726 e.